The van der Waals surface area contributed by atoms with Crippen LogP contribution in [0.15, 0.2) is 34.8 Å². The molecule has 0 atom stereocenters. The van der Waals surface area contributed by atoms with E-state index in [9.17, 15) is 0 Å². The molecule has 100 valence electrons. The molecule has 0 heterocycles. The Bertz CT molecular complexity index is 585. The Hall–Kier alpha value is -0.860. The highest BCUT2D eigenvalue weighted by Crippen LogP contribution is 2.39. The molecule has 1 nitrogen and oxygen atoms in total. The summed E-state index contributed by atoms with van der Waals surface area (Å²) in [6.45, 7) is 0.647. The Morgan fingerprint density at radius 2 is 1.79 bits per heavy atom. The Kier molecular flexibility index (Phi) is 3.90. The van der Waals surface area contributed by atoms with Crippen LogP contribution in [0.1, 0.15) is 49.1 Å². The van der Waals surface area contributed by atoms with Crippen LogP contribution in [0.3, 0.4) is 0 Å². The summed E-state index contributed by atoms with van der Waals surface area (Å²) in [5.41, 5.74) is 8.82. The molecule has 0 aromatic heterocycles. The van der Waals surface area contributed by atoms with E-state index in [-0.39, 0.29) is 0 Å². The highest BCUT2D eigenvalue weighted by molar-refractivity contribution is 9.10. The van der Waals surface area contributed by atoms with Gasteiger partial charge in [0.2, 0.25) is 0 Å². The highest BCUT2D eigenvalue weighted by Gasteiger charge is 2.20. The van der Waals surface area contributed by atoms with Gasteiger partial charge in [-0.15, -0.1) is 0 Å². The lowest BCUT2D eigenvalue weighted by Gasteiger charge is -2.26. The Morgan fingerprint density at radius 3 is 2.53 bits per heavy atom. The molecule has 2 heteroatoms. The highest BCUT2D eigenvalue weighted by atomic mass is 79.9. The molecule has 0 aliphatic heterocycles. The SMILES string of the molecule is NCc1ccc2ccc(Br)cc2c1C1CCCCC1. The number of fused-ring (bicyclic) bond motifs is 1. The number of benzene rings is 2. The molecular weight excluding hydrogens is 298 g/mol. The van der Waals surface area contributed by atoms with Crippen molar-refractivity contribution in [2.24, 2.45) is 5.73 Å². The third-order valence-corrected chi connectivity index (χ3v) is 4.84. The zero-order chi connectivity index (χ0) is 13.2. The first-order valence-corrected chi connectivity index (χ1v) is 8.00. The van der Waals surface area contributed by atoms with Gasteiger partial charge in [-0.1, -0.05) is 53.4 Å². The van der Waals surface area contributed by atoms with E-state index in [0.29, 0.717) is 12.5 Å². The van der Waals surface area contributed by atoms with Gasteiger partial charge < -0.3 is 5.73 Å². The van der Waals surface area contributed by atoms with E-state index in [0.717, 1.165) is 4.47 Å². The van der Waals surface area contributed by atoms with Crippen molar-refractivity contribution in [1.82, 2.24) is 0 Å². The van der Waals surface area contributed by atoms with Crippen molar-refractivity contribution >= 4 is 26.7 Å². The molecule has 3 rings (SSSR count). The zero-order valence-electron chi connectivity index (χ0n) is 11.2. The van der Waals surface area contributed by atoms with Crippen LogP contribution in [0.4, 0.5) is 0 Å². The summed E-state index contributed by atoms with van der Waals surface area (Å²) in [6.07, 6.45) is 6.75. The molecule has 2 aromatic rings. The van der Waals surface area contributed by atoms with Gasteiger partial charge in [0.25, 0.3) is 0 Å². The lowest BCUT2D eigenvalue weighted by atomic mass is 9.80. The summed E-state index contributed by atoms with van der Waals surface area (Å²) < 4.78 is 1.16. The molecule has 2 aromatic carbocycles. The maximum atomic E-state index is 5.97. The van der Waals surface area contributed by atoms with E-state index >= 15 is 0 Å². The monoisotopic (exact) mass is 317 g/mol. The number of rotatable bonds is 2. The first-order chi connectivity index (χ1) is 9.29. The second-order valence-corrected chi connectivity index (χ2v) is 6.46. The van der Waals surface area contributed by atoms with Gasteiger partial charge in [-0.2, -0.15) is 0 Å². The zero-order valence-corrected chi connectivity index (χ0v) is 12.7. The van der Waals surface area contributed by atoms with E-state index in [1.165, 1.54) is 54.0 Å². The maximum absolute atomic E-state index is 5.97. The fourth-order valence-corrected chi connectivity index (χ4v) is 3.77. The molecule has 1 aliphatic carbocycles. The molecule has 0 bridgehead atoms. The average Bonchev–Trinajstić information content (AvgIpc) is 2.46. The van der Waals surface area contributed by atoms with Crippen molar-refractivity contribution in [2.45, 2.75) is 44.6 Å². The topological polar surface area (TPSA) is 26.0 Å². The summed E-state index contributed by atoms with van der Waals surface area (Å²) in [7, 11) is 0. The molecule has 0 radical (unpaired) electrons. The molecule has 1 saturated carbocycles. The van der Waals surface area contributed by atoms with Crippen LogP contribution >= 0.6 is 15.9 Å². The normalized spacial score (nSPS) is 16.9. The van der Waals surface area contributed by atoms with Gasteiger partial charge in [0, 0.05) is 11.0 Å². The Morgan fingerprint density at radius 1 is 1.05 bits per heavy atom. The van der Waals surface area contributed by atoms with Gasteiger partial charge in [0.1, 0.15) is 0 Å². The fourth-order valence-electron chi connectivity index (χ4n) is 3.41. The van der Waals surface area contributed by atoms with E-state index < -0.39 is 0 Å². The first kappa shape index (κ1) is 13.1. The van der Waals surface area contributed by atoms with E-state index in [1.54, 1.807) is 0 Å². The van der Waals surface area contributed by atoms with Crippen LogP contribution in [0.25, 0.3) is 10.8 Å². The predicted molar refractivity (Wildman–Crippen MR) is 85.4 cm³/mol. The number of hydrogen-bond acceptors (Lipinski definition) is 1. The van der Waals surface area contributed by atoms with Crippen LogP contribution in [-0.2, 0) is 6.54 Å². The summed E-state index contributed by atoms with van der Waals surface area (Å²) >= 11 is 3.61. The molecule has 1 aliphatic rings. The van der Waals surface area contributed by atoms with Crippen molar-refractivity contribution in [1.29, 1.82) is 0 Å². The minimum atomic E-state index is 0.647. The molecule has 2 N–H and O–H groups in total. The van der Waals surface area contributed by atoms with Gasteiger partial charge in [0.15, 0.2) is 0 Å². The third-order valence-electron chi connectivity index (χ3n) is 4.35. The molecule has 1 fully saturated rings. The summed E-state index contributed by atoms with van der Waals surface area (Å²) in [5.74, 6) is 0.699. The van der Waals surface area contributed by atoms with Crippen molar-refractivity contribution in [2.75, 3.05) is 0 Å². The van der Waals surface area contributed by atoms with Gasteiger partial charge in [-0.25, -0.2) is 0 Å². The number of halogens is 1. The molecular formula is C17H20BrN. The van der Waals surface area contributed by atoms with Crippen molar-refractivity contribution in [3.63, 3.8) is 0 Å². The van der Waals surface area contributed by atoms with Crippen molar-refractivity contribution < 1.29 is 0 Å². The van der Waals surface area contributed by atoms with Gasteiger partial charge in [0.05, 0.1) is 0 Å². The Balaban J connectivity index is 2.19. The van der Waals surface area contributed by atoms with Gasteiger partial charge in [-0.05, 0) is 52.8 Å². The minimum Gasteiger partial charge on any atom is -0.326 e. The lowest BCUT2D eigenvalue weighted by Crippen LogP contribution is -2.10. The van der Waals surface area contributed by atoms with E-state index in [2.05, 4.69) is 46.3 Å². The molecule has 0 saturated heterocycles. The van der Waals surface area contributed by atoms with Crippen LogP contribution < -0.4 is 5.73 Å². The van der Waals surface area contributed by atoms with Gasteiger partial charge in [-0.3, -0.25) is 0 Å². The number of hydrogen-bond donors (Lipinski definition) is 1. The predicted octanol–water partition coefficient (Wildman–Crippen LogP) is 5.11. The van der Waals surface area contributed by atoms with Crippen LogP contribution in [0.2, 0.25) is 0 Å². The van der Waals surface area contributed by atoms with Gasteiger partial charge >= 0.3 is 0 Å². The molecule has 19 heavy (non-hydrogen) atoms. The van der Waals surface area contributed by atoms with Crippen molar-refractivity contribution in [3.8, 4) is 0 Å². The summed E-state index contributed by atoms with van der Waals surface area (Å²) in [5, 5.41) is 2.73. The minimum absolute atomic E-state index is 0.647. The van der Waals surface area contributed by atoms with Crippen LogP contribution in [0.5, 0.6) is 0 Å². The average molecular weight is 318 g/mol. The second-order valence-electron chi connectivity index (χ2n) is 5.54. The van der Waals surface area contributed by atoms with Crippen LogP contribution in [0, 0.1) is 0 Å². The van der Waals surface area contributed by atoms with E-state index in [4.69, 9.17) is 5.73 Å². The maximum Gasteiger partial charge on any atom is 0.0181 e. The first-order valence-electron chi connectivity index (χ1n) is 7.20. The third kappa shape index (κ3) is 2.56. The molecule has 0 amide bonds. The number of nitrogens with two attached hydrogens (primary N) is 1. The quantitative estimate of drug-likeness (QED) is 0.818. The largest absolute Gasteiger partial charge is 0.326 e. The molecule has 0 unspecified atom stereocenters. The summed E-state index contributed by atoms with van der Waals surface area (Å²) in [6, 6.07) is 11.0. The standard InChI is InChI=1S/C17H20BrN/c18-15-9-8-12-6-7-14(11-19)17(16(12)10-15)13-4-2-1-3-5-13/h6-10,13H,1-5,11,19H2. The summed E-state index contributed by atoms with van der Waals surface area (Å²) in [4.78, 5) is 0. The Labute approximate surface area is 123 Å². The second kappa shape index (κ2) is 5.64. The smallest absolute Gasteiger partial charge is 0.0181 e. The van der Waals surface area contributed by atoms with E-state index in [1.807, 2.05) is 0 Å². The van der Waals surface area contributed by atoms with Crippen molar-refractivity contribution in [3.05, 3.63) is 45.9 Å². The fraction of sp³-hybridized carbons (Fsp3) is 0.412. The van der Waals surface area contributed by atoms with Crippen LogP contribution in [-0.4, -0.2) is 0 Å². The molecule has 0 spiro atoms. The lowest BCUT2D eigenvalue weighted by molar-refractivity contribution is 0.443.